The van der Waals surface area contributed by atoms with Crippen molar-refractivity contribution in [2.24, 2.45) is 0 Å². The number of methoxy groups -OCH3 is 1. The van der Waals surface area contributed by atoms with Crippen molar-refractivity contribution in [3.8, 4) is 11.8 Å². The molecule has 0 aliphatic carbocycles. The Hall–Kier alpha value is -3.11. The molecule has 0 aliphatic heterocycles. The Morgan fingerprint density at radius 3 is 2.68 bits per heavy atom. The number of nitrogens with zero attached hydrogens (tertiary/aromatic N) is 2. The highest BCUT2D eigenvalue weighted by atomic mass is 19.4. The Morgan fingerprint density at radius 2 is 1.89 bits per heavy atom. The molecule has 4 nitrogen and oxygen atoms in total. The van der Waals surface area contributed by atoms with Crippen LogP contribution in [0.2, 0.25) is 0 Å². The largest absolute Gasteiger partial charge is 0.418 e. The fourth-order valence-corrected chi connectivity index (χ4v) is 2.78. The first-order valence-electron chi connectivity index (χ1n) is 8.61. The number of aromatic nitrogens is 2. The van der Waals surface area contributed by atoms with Crippen LogP contribution in [0, 0.1) is 11.8 Å². The first-order chi connectivity index (χ1) is 13.5. The maximum Gasteiger partial charge on any atom is 0.418 e. The third-order valence-corrected chi connectivity index (χ3v) is 4.05. The summed E-state index contributed by atoms with van der Waals surface area (Å²) in [5.74, 6) is 6.52. The monoisotopic (exact) mass is 385 g/mol. The van der Waals surface area contributed by atoms with Gasteiger partial charge in [0.1, 0.15) is 12.1 Å². The van der Waals surface area contributed by atoms with Gasteiger partial charge in [0.25, 0.3) is 0 Å². The van der Waals surface area contributed by atoms with Crippen LogP contribution in [0.3, 0.4) is 0 Å². The highest BCUT2D eigenvalue weighted by Crippen LogP contribution is 2.34. The van der Waals surface area contributed by atoms with Gasteiger partial charge < -0.3 is 10.1 Å². The third kappa shape index (κ3) is 4.59. The molecule has 0 bridgehead atoms. The van der Waals surface area contributed by atoms with Gasteiger partial charge in [-0.2, -0.15) is 13.2 Å². The molecule has 28 heavy (non-hydrogen) atoms. The number of para-hydroxylation sites is 1. The molecule has 0 saturated carbocycles. The molecule has 144 valence electrons. The Bertz CT molecular complexity index is 1020. The Kier molecular flexibility index (Phi) is 6.12. The molecule has 0 unspecified atom stereocenters. The van der Waals surface area contributed by atoms with E-state index in [-0.39, 0.29) is 5.52 Å². The number of halogens is 3. The Balaban J connectivity index is 1.71. The normalized spacial score (nSPS) is 11.1. The lowest BCUT2D eigenvalue weighted by molar-refractivity contribution is -0.136. The molecule has 0 amide bonds. The first-order valence-corrected chi connectivity index (χ1v) is 8.61. The molecule has 0 spiro atoms. The summed E-state index contributed by atoms with van der Waals surface area (Å²) in [6.45, 7) is 0.930. The van der Waals surface area contributed by atoms with Crippen LogP contribution in [-0.4, -0.2) is 23.6 Å². The molecule has 2 aromatic carbocycles. The maximum absolute atomic E-state index is 13.1. The zero-order chi connectivity index (χ0) is 20.0. The molecule has 0 aliphatic rings. The highest BCUT2D eigenvalue weighted by Gasteiger charge is 2.33. The van der Waals surface area contributed by atoms with Crippen LogP contribution >= 0.6 is 0 Å². The van der Waals surface area contributed by atoms with Gasteiger partial charge in [-0.15, -0.1) is 0 Å². The number of rotatable bonds is 5. The number of ether oxygens (including phenoxy) is 1. The molecule has 1 heterocycles. The van der Waals surface area contributed by atoms with Crippen molar-refractivity contribution in [1.82, 2.24) is 9.97 Å². The predicted octanol–water partition coefficient (Wildman–Crippen LogP) is 4.65. The van der Waals surface area contributed by atoms with E-state index in [1.54, 1.807) is 13.2 Å². The van der Waals surface area contributed by atoms with Gasteiger partial charge in [-0.05, 0) is 23.8 Å². The van der Waals surface area contributed by atoms with Crippen LogP contribution in [0.25, 0.3) is 10.9 Å². The molecular weight excluding hydrogens is 367 g/mol. The summed E-state index contributed by atoms with van der Waals surface area (Å²) in [7, 11) is 1.63. The molecule has 3 rings (SSSR count). The van der Waals surface area contributed by atoms with Crippen molar-refractivity contribution >= 4 is 16.7 Å². The SMILES string of the molecule is COCc1ccccc1C#CCCNc1ncnc2c(C(F)(F)F)cccc12. The van der Waals surface area contributed by atoms with Gasteiger partial charge in [0.05, 0.1) is 17.7 Å². The lowest BCUT2D eigenvalue weighted by Gasteiger charge is -2.11. The zero-order valence-corrected chi connectivity index (χ0v) is 15.2. The molecule has 7 heteroatoms. The summed E-state index contributed by atoms with van der Waals surface area (Å²) >= 11 is 0. The second-order valence-corrected chi connectivity index (χ2v) is 5.99. The van der Waals surface area contributed by atoms with Crippen LogP contribution in [-0.2, 0) is 17.5 Å². The minimum absolute atomic E-state index is 0.118. The van der Waals surface area contributed by atoms with E-state index in [4.69, 9.17) is 4.74 Å². The number of hydrogen-bond acceptors (Lipinski definition) is 4. The summed E-state index contributed by atoms with van der Waals surface area (Å²) in [6, 6.07) is 11.7. The third-order valence-electron chi connectivity index (χ3n) is 4.05. The zero-order valence-electron chi connectivity index (χ0n) is 15.2. The molecule has 0 atom stereocenters. The second kappa shape index (κ2) is 8.72. The minimum Gasteiger partial charge on any atom is -0.380 e. The summed E-state index contributed by atoms with van der Waals surface area (Å²) < 4.78 is 44.6. The number of nitrogens with one attached hydrogen (secondary N) is 1. The topological polar surface area (TPSA) is 47.0 Å². The van der Waals surface area contributed by atoms with Gasteiger partial charge in [-0.25, -0.2) is 9.97 Å². The Labute approximate surface area is 160 Å². The molecule has 3 aromatic rings. The van der Waals surface area contributed by atoms with E-state index in [0.29, 0.717) is 30.8 Å². The average Bonchev–Trinajstić information content (AvgIpc) is 2.68. The fraction of sp³-hybridized carbons (Fsp3) is 0.238. The van der Waals surface area contributed by atoms with E-state index in [0.717, 1.165) is 23.5 Å². The maximum atomic E-state index is 13.1. The van der Waals surface area contributed by atoms with E-state index >= 15 is 0 Å². The van der Waals surface area contributed by atoms with E-state index in [1.807, 2.05) is 24.3 Å². The van der Waals surface area contributed by atoms with E-state index in [1.165, 1.54) is 6.07 Å². The fourth-order valence-electron chi connectivity index (χ4n) is 2.78. The molecule has 1 aromatic heterocycles. The highest BCUT2D eigenvalue weighted by molar-refractivity contribution is 5.91. The molecule has 0 saturated heterocycles. The summed E-state index contributed by atoms with van der Waals surface area (Å²) in [4.78, 5) is 7.88. The summed E-state index contributed by atoms with van der Waals surface area (Å²) in [5, 5.41) is 3.38. The lowest BCUT2D eigenvalue weighted by Crippen LogP contribution is -2.09. The van der Waals surface area contributed by atoms with Gasteiger partial charge in [0.15, 0.2) is 0 Å². The van der Waals surface area contributed by atoms with E-state index in [2.05, 4.69) is 27.1 Å². The smallest absolute Gasteiger partial charge is 0.380 e. The van der Waals surface area contributed by atoms with Crippen molar-refractivity contribution in [3.05, 3.63) is 65.5 Å². The molecule has 0 fully saturated rings. The number of hydrogen-bond donors (Lipinski definition) is 1. The van der Waals surface area contributed by atoms with Crippen molar-refractivity contribution in [2.45, 2.75) is 19.2 Å². The number of fused-ring (bicyclic) bond motifs is 1. The standard InChI is InChI=1S/C21H18F3N3O/c1-28-13-16-9-3-2-7-15(16)8-4-5-12-25-20-17-10-6-11-18(21(22,23)24)19(17)26-14-27-20/h2-3,6-7,9-11,14H,5,12-13H2,1H3,(H,25,26,27). The van der Waals surface area contributed by atoms with Crippen LogP contribution in [0.5, 0.6) is 0 Å². The van der Waals surface area contributed by atoms with Crippen molar-refractivity contribution in [3.63, 3.8) is 0 Å². The van der Waals surface area contributed by atoms with E-state index in [9.17, 15) is 13.2 Å². The van der Waals surface area contributed by atoms with Crippen molar-refractivity contribution < 1.29 is 17.9 Å². The van der Waals surface area contributed by atoms with Gasteiger partial charge >= 0.3 is 6.18 Å². The van der Waals surface area contributed by atoms with Gasteiger partial charge in [-0.3, -0.25) is 0 Å². The van der Waals surface area contributed by atoms with Gasteiger partial charge in [0, 0.05) is 31.0 Å². The second-order valence-electron chi connectivity index (χ2n) is 5.99. The van der Waals surface area contributed by atoms with Crippen molar-refractivity contribution in [2.75, 3.05) is 19.0 Å². The quantitative estimate of drug-likeness (QED) is 0.513. The van der Waals surface area contributed by atoms with Crippen LogP contribution < -0.4 is 5.32 Å². The lowest BCUT2D eigenvalue weighted by atomic mass is 10.1. The number of anilines is 1. The first kappa shape index (κ1) is 19.6. The Morgan fingerprint density at radius 1 is 1.07 bits per heavy atom. The van der Waals surface area contributed by atoms with Gasteiger partial charge in [0.2, 0.25) is 0 Å². The predicted molar refractivity (Wildman–Crippen MR) is 102 cm³/mol. The number of benzene rings is 2. The van der Waals surface area contributed by atoms with Gasteiger partial charge in [-0.1, -0.05) is 36.1 Å². The summed E-state index contributed by atoms with van der Waals surface area (Å²) in [5.41, 5.74) is 1.01. The number of alkyl halides is 3. The van der Waals surface area contributed by atoms with Crippen LogP contribution in [0.1, 0.15) is 23.1 Å². The van der Waals surface area contributed by atoms with Crippen LogP contribution in [0.15, 0.2) is 48.8 Å². The summed E-state index contributed by atoms with van der Waals surface area (Å²) in [6.07, 6.45) is -2.83. The molecular formula is C21H18F3N3O. The molecule has 1 N–H and O–H groups in total. The van der Waals surface area contributed by atoms with E-state index < -0.39 is 11.7 Å². The van der Waals surface area contributed by atoms with Crippen molar-refractivity contribution in [1.29, 1.82) is 0 Å². The van der Waals surface area contributed by atoms with Crippen LogP contribution in [0.4, 0.5) is 19.0 Å². The molecule has 0 radical (unpaired) electrons. The minimum atomic E-state index is -4.47. The average molecular weight is 385 g/mol.